The Bertz CT molecular complexity index is 1170. The van der Waals surface area contributed by atoms with Gasteiger partial charge in [-0.3, -0.25) is 19.8 Å². The summed E-state index contributed by atoms with van der Waals surface area (Å²) in [5.41, 5.74) is 6.76. The van der Waals surface area contributed by atoms with E-state index in [1.165, 1.54) is 28.9 Å². The molecule has 0 spiro atoms. The number of aliphatic carboxylic acids is 1. The molecule has 0 unspecified atom stereocenters. The van der Waals surface area contributed by atoms with Gasteiger partial charge in [0.05, 0.1) is 34.4 Å². The average molecular weight is 522 g/mol. The molecule has 1 aliphatic rings. The average Bonchev–Trinajstić information content (AvgIpc) is 3.43. The van der Waals surface area contributed by atoms with E-state index < -0.39 is 11.9 Å². The molecule has 4 rings (SSSR count). The summed E-state index contributed by atoms with van der Waals surface area (Å²) in [6, 6.07) is 2.01. The van der Waals surface area contributed by atoms with Crippen molar-refractivity contribution in [1.29, 1.82) is 0 Å². The van der Waals surface area contributed by atoms with E-state index in [1.807, 2.05) is 11.4 Å². The van der Waals surface area contributed by atoms with Crippen LogP contribution >= 0.6 is 34.3 Å². The summed E-state index contributed by atoms with van der Waals surface area (Å²) in [5, 5.41) is 14.6. The highest BCUT2D eigenvalue weighted by Crippen LogP contribution is 2.35. The molecule has 1 aliphatic heterocycles. The first-order valence-electron chi connectivity index (χ1n) is 10.6. The lowest BCUT2D eigenvalue weighted by Gasteiger charge is -2.40. The lowest BCUT2D eigenvalue weighted by Crippen LogP contribution is -2.52. The van der Waals surface area contributed by atoms with Crippen LogP contribution in [0.25, 0.3) is 10.6 Å². The second kappa shape index (κ2) is 10.7. The van der Waals surface area contributed by atoms with Gasteiger partial charge in [0.25, 0.3) is 5.91 Å². The summed E-state index contributed by atoms with van der Waals surface area (Å²) in [4.78, 5) is 42.8. The highest BCUT2D eigenvalue weighted by Gasteiger charge is 2.25. The summed E-state index contributed by atoms with van der Waals surface area (Å²) >= 11 is 8.81. The van der Waals surface area contributed by atoms with Crippen molar-refractivity contribution in [3.8, 4) is 10.6 Å². The molecule has 10 nitrogen and oxygen atoms in total. The summed E-state index contributed by atoms with van der Waals surface area (Å²) in [5.74, 6) is -0.518. The second-order valence-corrected chi connectivity index (χ2v) is 10.2. The number of halogens is 1. The Morgan fingerprint density at radius 3 is 2.76 bits per heavy atom. The third-order valence-electron chi connectivity index (χ3n) is 5.48. The van der Waals surface area contributed by atoms with Crippen LogP contribution in [0.5, 0.6) is 0 Å². The van der Waals surface area contributed by atoms with Gasteiger partial charge in [-0.15, -0.1) is 11.3 Å². The number of carboxylic acids is 1. The number of nitrogens with two attached hydrogens (primary N) is 1. The highest BCUT2D eigenvalue weighted by molar-refractivity contribution is 7.17. The van der Waals surface area contributed by atoms with Crippen LogP contribution in [0, 0.1) is 0 Å². The third kappa shape index (κ3) is 5.70. The lowest BCUT2D eigenvalue weighted by molar-refractivity contribution is -0.137. The largest absolute Gasteiger partial charge is 0.481 e. The molecular weight excluding hydrogens is 498 g/mol. The lowest BCUT2D eigenvalue weighted by atomic mass is 10.2. The summed E-state index contributed by atoms with van der Waals surface area (Å²) in [6.07, 6.45) is 3.16. The van der Waals surface area contributed by atoms with Gasteiger partial charge in [0, 0.05) is 49.0 Å². The van der Waals surface area contributed by atoms with Crippen LogP contribution in [-0.4, -0.2) is 69.1 Å². The van der Waals surface area contributed by atoms with Crippen LogP contribution in [0.4, 0.5) is 10.9 Å². The van der Waals surface area contributed by atoms with Crippen molar-refractivity contribution >= 4 is 57.1 Å². The maximum Gasteiger partial charge on any atom is 0.304 e. The molecule has 3 aromatic heterocycles. The minimum Gasteiger partial charge on any atom is -0.481 e. The number of amides is 1. The molecule has 4 N–H and O–H groups in total. The van der Waals surface area contributed by atoms with E-state index in [0.717, 1.165) is 22.0 Å². The molecule has 0 saturated carbocycles. The monoisotopic (exact) mass is 521 g/mol. The van der Waals surface area contributed by atoms with Crippen LogP contribution < -0.4 is 16.0 Å². The molecule has 0 aromatic carbocycles. The van der Waals surface area contributed by atoms with E-state index in [9.17, 15) is 9.59 Å². The zero-order chi connectivity index (χ0) is 24.2. The van der Waals surface area contributed by atoms with Crippen molar-refractivity contribution in [3.63, 3.8) is 0 Å². The van der Waals surface area contributed by atoms with E-state index in [1.54, 1.807) is 6.20 Å². The molecule has 0 aliphatic carbocycles. The smallest absolute Gasteiger partial charge is 0.304 e. The molecule has 4 heterocycles. The number of piperazine rings is 1. The van der Waals surface area contributed by atoms with Crippen molar-refractivity contribution in [2.24, 2.45) is 5.73 Å². The minimum absolute atomic E-state index is 0.127. The predicted molar refractivity (Wildman–Crippen MR) is 134 cm³/mol. The molecular formula is C21H24ClN7O3S2. The highest BCUT2D eigenvalue weighted by atomic mass is 35.5. The fraction of sp³-hybridized carbons (Fsp3) is 0.381. The number of nitrogens with one attached hydrogen (secondary N) is 1. The van der Waals surface area contributed by atoms with Gasteiger partial charge in [0.1, 0.15) is 11.5 Å². The molecule has 1 atom stereocenters. The van der Waals surface area contributed by atoms with Gasteiger partial charge in [0.15, 0.2) is 5.13 Å². The van der Waals surface area contributed by atoms with Crippen LogP contribution in [0.15, 0.2) is 23.8 Å². The van der Waals surface area contributed by atoms with Gasteiger partial charge in [-0.2, -0.15) is 0 Å². The Kier molecular flexibility index (Phi) is 7.73. The van der Waals surface area contributed by atoms with Crippen LogP contribution in [-0.2, 0) is 11.3 Å². The van der Waals surface area contributed by atoms with Crippen LogP contribution in [0.1, 0.15) is 28.7 Å². The van der Waals surface area contributed by atoms with Crippen molar-refractivity contribution in [2.75, 3.05) is 36.4 Å². The van der Waals surface area contributed by atoms with Crippen molar-refractivity contribution in [2.45, 2.75) is 25.9 Å². The first-order valence-corrected chi connectivity index (χ1v) is 12.7. The van der Waals surface area contributed by atoms with Gasteiger partial charge in [-0.1, -0.05) is 22.9 Å². The Labute approximate surface area is 209 Å². The molecule has 180 valence electrons. The van der Waals surface area contributed by atoms with Crippen LogP contribution in [0.3, 0.4) is 0 Å². The number of carbonyl (C=O) groups is 2. The van der Waals surface area contributed by atoms with Gasteiger partial charge in [0.2, 0.25) is 0 Å². The number of carboxylic acid groups (broad SMARTS) is 1. The van der Waals surface area contributed by atoms with E-state index in [-0.39, 0.29) is 18.2 Å². The van der Waals surface area contributed by atoms with E-state index >= 15 is 0 Å². The van der Waals surface area contributed by atoms with Gasteiger partial charge >= 0.3 is 5.97 Å². The quantitative estimate of drug-likeness (QED) is 0.408. The normalized spacial score (nSPS) is 16.6. The Morgan fingerprint density at radius 2 is 2.15 bits per heavy atom. The zero-order valence-electron chi connectivity index (χ0n) is 18.4. The molecule has 0 radical (unpaired) electrons. The fourth-order valence-corrected chi connectivity index (χ4v) is 5.72. The molecule has 1 fully saturated rings. The predicted octanol–water partition coefficient (Wildman–Crippen LogP) is 3.01. The molecule has 1 saturated heterocycles. The maximum absolute atomic E-state index is 12.7. The number of thiazole rings is 1. The summed E-state index contributed by atoms with van der Waals surface area (Å²) in [6.45, 7) is 5.04. The first-order chi connectivity index (χ1) is 16.3. The molecule has 0 bridgehead atoms. The third-order valence-corrected chi connectivity index (χ3v) is 7.75. The Hall–Kier alpha value is -2.64. The number of nitrogens with zero attached hydrogens (tertiary/aromatic N) is 5. The molecule has 3 aromatic rings. The van der Waals surface area contributed by atoms with E-state index in [0.29, 0.717) is 42.2 Å². The molecule has 1 amide bonds. The zero-order valence-corrected chi connectivity index (χ0v) is 20.8. The van der Waals surface area contributed by atoms with E-state index in [4.69, 9.17) is 22.4 Å². The van der Waals surface area contributed by atoms with E-state index in [2.05, 4.69) is 37.0 Å². The maximum atomic E-state index is 12.7. The van der Waals surface area contributed by atoms with Gasteiger partial charge in [-0.25, -0.2) is 15.0 Å². The second-order valence-electron chi connectivity index (χ2n) is 7.81. The number of carbonyl (C=O) groups excluding carboxylic acids is 1. The summed E-state index contributed by atoms with van der Waals surface area (Å²) < 4.78 is 0. The SMILES string of the molecule is C[C@@H]1CN(c2cnc(C(=O)Nc3nc(-c4cc(Cl)cs4)c(CN)s3)cn2)CCN1CCC(=O)O. The molecule has 13 heteroatoms. The number of anilines is 2. The van der Waals surface area contributed by atoms with Crippen molar-refractivity contribution in [1.82, 2.24) is 19.9 Å². The number of thiophene rings is 1. The van der Waals surface area contributed by atoms with Gasteiger partial charge in [-0.05, 0) is 13.0 Å². The first kappa shape index (κ1) is 24.5. The van der Waals surface area contributed by atoms with Gasteiger partial charge < -0.3 is 15.7 Å². The topological polar surface area (TPSA) is 138 Å². The van der Waals surface area contributed by atoms with Crippen LogP contribution in [0.2, 0.25) is 5.02 Å². The number of hydrogen-bond donors (Lipinski definition) is 3. The number of hydrogen-bond acceptors (Lipinski definition) is 10. The van der Waals surface area contributed by atoms with Crippen molar-refractivity contribution in [3.05, 3.63) is 39.4 Å². The molecule has 34 heavy (non-hydrogen) atoms. The van der Waals surface area contributed by atoms with Crippen molar-refractivity contribution < 1.29 is 14.7 Å². The number of rotatable bonds is 8. The number of aromatic nitrogens is 3. The fourth-order valence-electron chi connectivity index (χ4n) is 3.71. The standard InChI is InChI=1S/C21H24ClN7O3S2/c1-12-10-29(5-4-28(12)3-2-18(30)31)17-9-24-14(8-25-17)20(32)27-21-26-19(16(7-23)34-21)15-6-13(22)11-33-15/h6,8-9,11-12H,2-5,7,10,23H2,1H3,(H,30,31)(H,26,27,32)/t12-/m1/s1. The Balaban J connectivity index is 1.38. The summed E-state index contributed by atoms with van der Waals surface area (Å²) in [7, 11) is 0. The Morgan fingerprint density at radius 1 is 1.32 bits per heavy atom. The minimum atomic E-state index is -0.793.